The van der Waals surface area contributed by atoms with Gasteiger partial charge in [-0.15, -0.1) is 11.3 Å². The van der Waals surface area contributed by atoms with Gasteiger partial charge < -0.3 is 19.1 Å². The molecule has 4 aromatic rings. The highest BCUT2D eigenvalue weighted by molar-refractivity contribution is 7.13. The molecule has 0 spiro atoms. The summed E-state index contributed by atoms with van der Waals surface area (Å²) < 4.78 is 10.7. The van der Waals surface area contributed by atoms with Crippen LogP contribution in [0.15, 0.2) is 57.2 Å². The number of nitrogens with zero attached hydrogens (tertiary/aromatic N) is 2. The van der Waals surface area contributed by atoms with Crippen LogP contribution in [0, 0.1) is 0 Å². The molecule has 28 heavy (non-hydrogen) atoms. The zero-order valence-electron chi connectivity index (χ0n) is 15.5. The van der Waals surface area contributed by atoms with E-state index in [-0.39, 0.29) is 5.56 Å². The molecule has 0 bridgehead atoms. The van der Waals surface area contributed by atoms with E-state index in [4.69, 9.17) is 9.26 Å². The molecule has 3 heterocycles. The Morgan fingerprint density at radius 1 is 1.21 bits per heavy atom. The Kier molecular flexibility index (Phi) is 5.61. The van der Waals surface area contributed by atoms with Crippen LogP contribution in [0.4, 0.5) is 0 Å². The second-order valence-electron chi connectivity index (χ2n) is 6.54. The number of aromatic amines is 1. The van der Waals surface area contributed by atoms with Crippen LogP contribution in [0.1, 0.15) is 11.5 Å². The molecule has 1 atom stereocenters. The molecule has 0 fully saturated rings. The highest BCUT2D eigenvalue weighted by Crippen LogP contribution is 2.24. The molecule has 7 nitrogen and oxygen atoms in total. The minimum atomic E-state index is -0.117. The van der Waals surface area contributed by atoms with Crippen molar-refractivity contribution in [3.63, 3.8) is 0 Å². The summed E-state index contributed by atoms with van der Waals surface area (Å²) in [5.74, 6) is 1.42. The van der Waals surface area contributed by atoms with Crippen LogP contribution in [-0.2, 0) is 17.8 Å². The minimum absolute atomic E-state index is 0.117. The Balaban J connectivity index is 1.54. The van der Waals surface area contributed by atoms with Gasteiger partial charge in [-0.25, -0.2) is 4.98 Å². The average Bonchev–Trinajstić information content (AvgIpc) is 3.38. The molecule has 0 saturated heterocycles. The number of quaternary nitrogens is 1. The van der Waals surface area contributed by atoms with E-state index in [2.05, 4.69) is 15.1 Å². The first kappa shape index (κ1) is 18.5. The molecule has 0 aliphatic rings. The number of thiophene rings is 1. The molecule has 4 rings (SSSR count). The predicted octanol–water partition coefficient (Wildman–Crippen LogP) is 1.87. The van der Waals surface area contributed by atoms with Crippen LogP contribution in [0.5, 0.6) is 0 Å². The summed E-state index contributed by atoms with van der Waals surface area (Å²) in [6, 6.07) is 13.3. The molecule has 8 heteroatoms. The van der Waals surface area contributed by atoms with Gasteiger partial charge in [0.15, 0.2) is 11.6 Å². The molecule has 0 amide bonds. The zero-order chi connectivity index (χ0) is 19.3. The van der Waals surface area contributed by atoms with Crippen molar-refractivity contribution in [1.82, 2.24) is 15.1 Å². The van der Waals surface area contributed by atoms with Gasteiger partial charge in [0, 0.05) is 13.2 Å². The summed E-state index contributed by atoms with van der Waals surface area (Å²) in [7, 11) is 1.68. The number of methoxy groups -OCH3 is 1. The summed E-state index contributed by atoms with van der Waals surface area (Å²) in [5, 5.41) is 6.82. The van der Waals surface area contributed by atoms with Gasteiger partial charge in [0.2, 0.25) is 0 Å². The van der Waals surface area contributed by atoms with Crippen molar-refractivity contribution in [2.24, 2.45) is 0 Å². The van der Waals surface area contributed by atoms with E-state index >= 15 is 0 Å². The maximum absolute atomic E-state index is 12.3. The van der Waals surface area contributed by atoms with Crippen molar-refractivity contribution < 1.29 is 14.2 Å². The SMILES string of the molecule is COCC[NH+](Cc1cc(-c2cccs2)on1)Cc1nc2ccccc2c(=O)[nH]1. The Labute approximate surface area is 165 Å². The maximum Gasteiger partial charge on any atom is 0.258 e. The van der Waals surface area contributed by atoms with Crippen LogP contribution in [0.2, 0.25) is 0 Å². The van der Waals surface area contributed by atoms with Crippen LogP contribution in [0.3, 0.4) is 0 Å². The van der Waals surface area contributed by atoms with Gasteiger partial charge in [-0.3, -0.25) is 4.79 Å². The first-order valence-corrected chi connectivity index (χ1v) is 9.91. The molecular formula is C20H21N4O3S+. The topological polar surface area (TPSA) is 85.4 Å². The van der Waals surface area contributed by atoms with Crippen LogP contribution in [-0.4, -0.2) is 35.4 Å². The molecule has 3 aromatic heterocycles. The van der Waals surface area contributed by atoms with Crippen LogP contribution in [0.25, 0.3) is 21.5 Å². The number of benzene rings is 1. The lowest BCUT2D eigenvalue weighted by molar-refractivity contribution is -0.928. The lowest BCUT2D eigenvalue weighted by Gasteiger charge is -2.17. The molecule has 1 unspecified atom stereocenters. The Morgan fingerprint density at radius 3 is 2.93 bits per heavy atom. The van der Waals surface area contributed by atoms with Crippen molar-refractivity contribution in [2.45, 2.75) is 13.1 Å². The number of ether oxygens (including phenoxy) is 1. The zero-order valence-corrected chi connectivity index (χ0v) is 16.3. The summed E-state index contributed by atoms with van der Waals surface area (Å²) in [5.41, 5.74) is 1.44. The quantitative estimate of drug-likeness (QED) is 0.474. The third-order valence-corrected chi connectivity index (χ3v) is 5.38. The van der Waals surface area contributed by atoms with E-state index in [1.165, 1.54) is 4.90 Å². The van der Waals surface area contributed by atoms with Gasteiger partial charge in [0.25, 0.3) is 5.56 Å². The van der Waals surface area contributed by atoms with Gasteiger partial charge >= 0.3 is 0 Å². The number of rotatable bonds is 8. The molecule has 0 aliphatic heterocycles. The van der Waals surface area contributed by atoms with Gasteiger partial charge in [-0.2, -0.15) is 0 Å². The maximum atomic E-state index is 12.3. The number of nitrogens with one attached hydrogen (secondary N) is 2. The minimum Gasteiger partial charge on any atom is -0.379 e. The van der Waals surface area contributed by atoms with Crippen molar-refractivity contribution in [1.29, 1.82) is 0 Å². The highest BCUT2D eigenvalue weighted by Gasteiger charge is 2.17. The standard InChI is InChI=1S/C20H20N4O3S/c1-26-9-8-24(12-14-11-17(27-23-14)18-7-4-10-28-18)13-19-21-16-6-3-2-5-15(16)20(25)22-19/h2-7,10-11H,8-9,12-13H2,1H3,(H,21,22,25)/p+1. The number of H-pyrrole nitrogens is 1. The first-order valence-electron chi connectivity index (χ1n) is 9.03. The largest absolute Gasteiger partial charge is 0.379 e. The molecule has 0 saturated carbocycles. The average molecular weight is 397 g/mol. The third kappa shape index (κ3) is 4.19. The first-order chi connectivity index (χ1) is 13.7. The van der Waals surface area contributed by atoms with Crippen molar-refractivity contribution in [2.75, 3.05) is 20.3 Å². The second-order valence-corrected chi connectivity index (χ2v) is 7.48. The Hall–Kier alpha value is -2.81. The van der Waals surface area contributed by atoms with Gasteiger partial charge in [0.05, 0.1) is 22.4 Å². The van der Waals surface area contributed by atoms with Crippen molar-refractivity contribution >= 4 is 22.2 Å². The number of fused-ring (bicyclic) bond motifs is 1. The number of aromatic nitrogens is 3. The van der Waals surface area contributed by atoms with E-state index in [0.29, 0.717) is 36.4 Å². The van der Waals surface area contributed by atoms with E-state index in [0.717, 1.165) is 22.9 Å². The van der Waals surface area contributed by atoms with Gasteiger partial charge in [-0.05, 0) is 23.6 Å². The highest BCUT2D eigenvalue weighted by atomic mass is 32.1. The fourth-order valence-electron chi connectivity index (χ4n) is 3.13. The van der Waals surface area contributed by atoms with E-state index in [1.807, 2.05) is 41.8 Å². The summed E-state index contributed by atoms with van der Waals surface area (Å²) >= 11 is 1.62. The summed E-state index contributed by atoms with van der Waals surface area (Å²) in [6.45, 7) is 2.57. The van der Waals surface area contributed by atoms with Crippen LogP contribution < -0.4 is 10.5 Å². The molecule has 0 radical (unpaired) electrons. The van der Waals surface area contributed by atoms with Crippen LogP contribution >= 0.6 is 11.3 Å². The normalized spacial score (nSPS) is 12.5. The second kappa shape index (κ2) is 8.47. The summed E-state index contributed by atoms with van der Waals surface area (Å²) in [4.78, 5) is 22.1. The lowest BCUT2D eigenvalue weighted by Crippen LogP contribution is -3.10. The van der Waals surface area contributed by atoms with Crippen molar-refractivity contribution in [3.8, 4) is 10.6 Å². The van der Waals surface area contributed by atoms with Crippen molar-refractivity contribution in [3.05, 3.63) is 69.7 Å². The van der Waals surface area contributed by atoms with E-state index in [1.54, 1.807) is 24.5 Å². The van der Waals surface area contributed by atoms with E-state index < -0.39 is 0 Å². The Bertz CT molecular complexity index is 1100. The van der Waals surface area contributed by atoms with E-state index in [9.17, 15) is 4.79 Å². The fraction of sp³-hybridized carbons (Fsp3) is 0.250. The smallest absolute Gasteiger partial charge is 0.258 e. The molecule has 144 valence electrons. The number of hydrogen-bond acceptors (Lipinski definition) is 6. The Morgan fingerprint density at radius 2 is 2.11 bits per heavy atom. The molecule has 0 aliphatic carbocycles. The van der Waals surface area contributed by atoms with Gasteiger partial charge in [-0.1, -0.05) is 23.4 Å². The van der Waals surface area contributed by atoms with Gasteiger partial charge in [0.1, 0.15) is 25.3 Å². The monoisotopic (exact) mass is 397 g/mol. The fourth-order valence-corrected chi connectivity index (χ4v) is 3.80. The lowest BCUT2D eigenvalue weighted by atomic mass is 10.2. The summed E-state index contributed by atoms with van der Waals surface area (Å²) in [6.07, 6.45) is 0. The predicted molar refractivity (Wildman–Crippen MR) is 107 cm³/mol. The molecule has 1 aromatic carbocycles. The molecular weight excluding hydrogens is 376 g/mol. The third-order valence-electron chi connectivity index (χ3n) is 4.49. The number of para-hydroxylation sites is 1. The molecule has 2 N–H and O–H groups in total. The number of hydrogen-bond donors (Lipinski definition) is 2.